The predicted octanol–water partition coefficient (Wildman–Crippen LogP) is 12.2. The van der Waals surface area contributed by atoms with Crippen LogP contribution in [0.3, 0.4) is 0 Å². The maximum Gasteiger partial charge on any atom is 0.135 e. The van der Waals surface area contributed by atoms with Crippen LogP contribution in [-0.4, -0.2) is 0 Å². The molecule has 2 heteroatoms. The molecule has 45 heavy (non-hydrogen) atoms. The van der Waals surface area contributed by atoms with Gasteiger partial charge in [0.25, 0.3) is 0 Å². The van der Waals surface area contributed by atoms with Crippen molar-refractivity contribution in [1.29, 1.82) is 0 Å². The van der Waals surface area contributed by atoms with Gasteiger partial charge in [0, 0.05) is 33.2 Å². The van der Waals surface area contributed by atoms with E-state index in [-0.39, 0.29) is 5.41 Å². The zero-order valence-electron chi connectivity index (χ0n) is 25.3. The van der Waals surface area contributed by atoms with E-state index in [1.807, 2.05) is 12.1 Å². The Labute approximate surface area is 262 Å². The lowest BCUT2D eigenvalue weighted by Crippen LogP contribution is -2.16. The number of rotatable bonds is 4. The molecule has 1 heterocycles. The molecule has 0 saturated carbocycles. The Hall–Kier alpha value is -5.60. The average Bonchev–Trinajstić information content (AvgIpc) is 3.57. The molecule has 0 unspecified atom stereocenters. The van der Waals surface area contributed by atoms with E-state index in [2.05, 4.69) is 158 Å². The van der Waals surface area contributed by atoms with Crippen LogP contribution in [0.1, 0.15) is 25.0 Å². The third-order valence-electron chi connectivity index (χ3n) is 9.63. The van der Waals surface area contributed by atoms with E-state index in [1.54, 1.807) is 0 Å². The highest BCUT2D eigenvalue weighted by Gasteiger charge is 2.35. The van der Waals surface area contributed by atoms with Crippen LogP contribution < -0.4 is 4.90 Å². The Morgan fingerprint density at radius 3 is 2.07 bits per heavy atom. The van der Waals surface area contributed by atoms with Crippen molar-refractivity contribution >= 4 is 49.8 Å². The van der Waals surface area contributed by atoms with E-state index >= 15 is 0 Å². The zero-order chi connectivity index (χ0) is 30.1. The number of nitrogens with zero attached hydrogens (tertiary/aromatic N) is 1. The monoisotopic (exact) mass is 577 g/mol. The highest BCUT2D eigenvalue weighted by molar-refractivity contribution is 6.06. The Morgan fingerprint density at radius 2 is 1.13 bits per heavy atom. The molecule has 0 bridgehead atoms. The van der Waals surface area contributed by atoms with Gasteiger partial charge in [-0.1, -0.05) is 111 Å². The molecule has 7 aromatic carbocycles. The summed E-state index contributed by atoms with van der Waals surface area (Å²) < 4.78 is 6.12. The van der Waals surface area contributed by atoms with Gasteiger partial charge in [-0.2, -0.15) is 0 Å². The van der Waals surface area contributed by atoms with Gasteiger partial charge < -0.3 is 9.32 Å². The minimum atomic E-state index is -0.0817. The molecule has 0 aliphatic heterocycles. The van der Waals surface area contributed by atoms with Gasteiger partial charge in [-0.25, -0.2) is 0 Å². The van der Waals surface area contributed by atoms with Gasteiger partial charge in [-0.05, 0) is 98.8 Å². The Morgan fingerprint density at radius 1 is 0.444 bits per heavy atom. The minimum Gasteiger partial charge on any atom is -0.456 e. The topological polar surface area (TPSA) is 16.4 Å². The van der Waals surface area contributed by atoms with Gasteiger partial charge in [-0.3, -0.25) is 0 Å². The van der Waals surface area contributed by atoms with Crippen LogP contribution in [0.15, 0.2) is 156 Å². The SMILES string of the molecule is CC1(C)c2ccccc2-c2ccc(N(c3cccc(-c4ccc5oc6ccccc6c5c4)c3)c3ccc4ccccc4c3)cc21. The summed E-state index contributed by atoms with van der Waals surface area (Å²) in [6, 6.07) is 54.9. The molecule has 214 valence electrons. The van der Waals surface area contributed by atoms with Gasteiger partial charge in [0.05, 0.1) is 0 Å². The van der Waals surface area contributed by atoms with Gasteiger partial charge >= 0.3 is 0 Å². The lowest BCUT2D eigenvalue weighted by molar-refractivity contribution is 0.660. The average molecular weight is 578 g/mol. The molecule has 0 spiro atoms. The normalized spacial score (nSPS) is 13.3. The molecule has 0 radical (unpaired) electrons. The largest absolute Gasteiger partial charge is 0.456 e. The molecule has 0 fully saturated rings. The molecular weight excluding hydrogens is 546 g/mol. The number of hydrogen-bond acceptors (Lipinski definition) is 2. The molecule has 0 N–H and O–H groups in total. The lowest BCUT2D eigenvalue weighted by Gasteiger charge is -2.28. The lowest BCUT2D eigenvalue weighted by atomic mass is 9.82. The highest BCUT2D eigenvalue weighted by atomic mass is 16.3. The van der Waals surface area contributed by atoms with E-state index < -0.39 is 0 Å². The van der Waals surface area contributed by atoms with Gasteiger partial charge in [0.2, 0.25) is 0 Å². The molecule has 9 rings (SSSR count). The maximum atomic E-state index is 6.12. The zero-order valence-corrected chi connectivity index (χ0v) is 25.3. The highest BCUT2D eigenvalue weighted by Crippen LogP contribution is 2.50. The Kier molecular flexibility index (Phi) is 5.58. The van der Waals surface area contributed by atoms with Crippen molar-refractivity contribution in [2.75, 3.05) is 4.90 Å². The fourth-order valence-electron chi connectivity index (χ4n) is 7.32. The third-order valence-corrected chi connectivity index (χ3v) is 9.63. The summed E-state index contributed by atoms with van der Waals surface area (Å²) in [5.41, 5.74) is 12.9. The molecular formula is C43H31NO. The van der Waals surface area contributed by atoms with Crippen molar-refractivity contribution < 1.29 is 4.42 Å². The first kappa shape index (κ1) is 25.9. The molecule has 2 nitrogen and oxygen atoms in total. The van der Waals surface area contributed by atoms with E-state index in [0.717, 1.165) is 39.0 Å². The number of fused-ring (bicyclic) bond motifs is 7. The summed E-state index contributed by atoms with van der Waals surface area (Å²) in [6.45, 7) is 4.69. The van der Waals surface area contributed by atoms with Crippen molar-refractivity contribution in [3.8, 4) is 22.3 Å². The molecule has 8 aromatic rings. The fraction of sp³-hybridized carbons (Fsp3) is 0.0698. The number of benzene rings is 7. The summed E-state index contributed by atoms with van der Waals surface area (Å²) in [7, 11) is 0. The smallest absolute Gasteiger partial charge is 0.135 e. The number of para-hydroxylation sites is 1. The standard InChI is InChI=1S/C43H31NO/c1-43(2)39-16-7-5-14-35(39)36-22-21-34(27-40(36)43)44(33-20-18-28-10-3-4-11-29(28)24-33)32-13-9-12-30(25-32)31-19-23-42-38(26-31)37-15-6-8-17-41(37)45-42/h3-27H,1-2H3. The Balaban J connectivity index is 1.22. The van der Waals surface area contributed by atoms with Crippen LogP contribution in [0.5, 0.6) is 0 Å². The van der Waals surface area contributed by atoms with E-state index in [4.69, 9.17) is 4.42 Å². The molecule has 0 saturated heterocycles. The van der Waals surface area contributed by atoms with Crippen molar-refractivity contribution in [3.05, 3.63) is 163 Å². The molecule has 0 atom stereocenters. The van der Waals surface area contributed by atoms with E-state index in [1.165, 1.54) is 44.2 Å². The van der Waals surface area contributed by atoms with Crippen LogP contribution in [0, 0.1) is 0 Å². The van der Waals surface area contributed by atoms with Crippen molar-refractivity contribution in [2.45, 2.75) is 19.3 Å². The minimum absolute atomic E-state index is 0.0817. The van der Waals surface area contributed by atoms with Crippen molar-refractivity contribution in [3.63, 3.8) is 0 Å². The maximum absolute atomic E-state index is 6.12. The summed E-state index contributed by atoms with van der Waals surface area (Å²) in [5, 5.41) is 4.74. The first-order chi connectivity index (χ1) is 22.0. The van der Waals surface area contributed by atoms with E-state index in [0.29, 0.717) is 0 Å². The van der Waals surface area contributed by atoms with Crippen LogP contribution >= 0.6 is 0 Å². The van der Waals surface area contributed by atoms with Gasteiger partial charge in [0.15, 0.2) is 0 Å². The Bertz CT molecular complexity index is 2430. The molecule has 1 aromatic heterocycles. The first-order valence-corrected chi connectivity index (χ1v) is 15.6. The number of anilines is 3. The predicted molar refractivity (Wildman–Crippen MR) is 189 cm³/mol. The van der Waals surface area contributed by atoms with Crippen molar-refractivity contribution in [2.24, 2.45) is 0 Å². The van der Waals surface area contributed by atoms with Crippen LogP contribution in [0.2, 0.25) is 0 Å². The van der Waals surface area contributed by atoms with Gasteiger partial charge in [0.1, 0.15) is 11.2 Å². The third kappa shape index (κ3) is 4.03. The number of furan rings is 1. The second-order valence-corrected chi connectivity index (χ2v) is 12.6. The first-order valence-electron chi connectivity index (χ1n) is 15.6. The summed E-state index contributed by atoms with van der Waals surface area (Å²) in [4.78, 5) is 2.40. The summed E-state index contributed by atoms with van der Waals surface area (Å²) >= 11 is 0. The van der Waals surface area contributed by atoms with Gasteiger partial charge in [-0.15, -0.1) is 0 Å². The second-order valence-electron chi connectivity index (χ2n) is 12.6. The van der Waals surface area contributed by atoms with E-state index in [9.17, 15) is 0 Å². The van der Waals surface area contributed by atoms with Crippen LogP contribution in [0.25, 0.3) is 55.0 Å². The van der Waals surface area contributed by atoms with Crippen molar-refractivity contribution in [1.82, 2.24) is 0 Å². The van der Waals surface area contributed by atoms with Crippen LogP contribution in [-0.2, 0) is 5.41 Å². The molecule has 0 amide bonds. The number of hydrogen-bond donors (Lipinski definition) is 0. The molecule has 1 aliphatic carbocycles. The fourth-order valence-corrected chi connectivity index (χ4v) is 7.32. The summed E-state index contributed by atoms with van der Waals surface area (Å²) in [5.74, 6) is 0. The quantitative estimate of drug-likeness (QED) is 0.207. The second kappa shape index (κ2) is 9.70. The summed E-state index contributed by atoms with van der Waals surface area (Å²) in [6.07, 6.45) is 0. The van der Waals surface area contributed by atoms with Crippen LogP contribution in [0.4, 0.5) is 17.1 Å². The molecule has 1 aliphatic rings.